The lowest BCUT2D eigenvalue weighted by Crippen LogP contribution is -2.31. The third kappa shape index (κ3) is 5.26. The highest BCUT2D eigenvalue weighted by molar-refractivity contribution is 7.18. The molecule has 0 radical (unpaired) electrons. The van der Waals surface area contributed by atoms with Gasteiger partial charge in [0.1, 0.15) is 0 Å². The molecule has 4 nitrogen and oxygen atoms in total. The van der Waals surface area contributed by atoms with E-state index in [1.807, 2.05) is 4.90 Å². The molecule has 1 fully saturated rings. The number of nitrogens with zero attached hydrogens (tertiary/aromatic N) is 1. The van der Waals surface area contributed by atoms with Gasteiger partial charge in [0, 0.05) is 44.2 Å². The molecule has 1 N–H and O–H groups in total. The van der Waals surface area contributed by atoms with Gasteiger partial charge in [-0.25, -0.2) is 8.78 Å². The van der Waals surface area contributed by atoms with Crippen molar-refractivity contribution in [1.29, 1.82) is 0 Å². The van der Waals surface area contributed by atoms with Crippen molar-refractivity contribution in [1.82, 2.24) is 5.32 Å². The molecule has 1 aliphatic heterocycles. The van der Waals surface area contributed by atoms with Crippen LogP contribution < -0.4 is 10.2 Å². The van der Waals surface area contributed by atoms with Crippen LogP contribution in [0.5, 0.6) is 0 Å². The van der Waals surface area contributed by atoms with Crippen LogP contribution in [0.15, 0.2) is 30.3 Å². The fourth-order valence-corrected chi connectivity index (χ4v) is 4.09. The van der Waals surface area contributed by atoms with E-state index < -0.39 is 11.6 Å². The first-order valence-corrected chi connectivity index (χ1v) is 9.87. The molecule has 1 aromatic carbocycles. The highest BCUT2D eigenvalue weighted by Crippen LogP contribution is 2.25. The number of carbonyl (C=O) groups is 2. The molecule has 1 aliphatic rings. The molecule has 0 spiro atoms. The molecule has 0 saturated carbocycles. The fraction of sp³-hybridized carbons (Fsp3) is 0.368. The second-order valence-corrected chi connectivity index (χ2v) is 8.25. The van der Waals surface area contributed by atoms with Crippen molar-refractivity contribution >= 4 is 40.3 Å². The quantitative estimate of drug-likeness (QED) is 0.690. The van der Waals surface area contributed by atoms with Crippen LogP contribution in [0.1, 0.15) is 28.9 Å². The number of carbonyl (C=O) groups excluding carboxylic acids is 2. The summed E-state index contributed by atoms with van der Waals surface area (Å²) in [5.41, 5.74) is 0.642. The first-order chi connectivity index (χ1) is 12.9. The number of hydrogen-bond acceptors (Lipinski definition) is 4. The maximum Gasteiger partial charge on any atom is 0.220 e. The Bertz CT molecular complexity index is 843. The molecule has 0 aliphatic carbocycles. The number of amides is 1. The first kappa shape index (κ1) is 19.8. The van der Waals surface area contributed by atoms with Gasteiger partial charge in [0.05, 0.1) is 9.21 Å². The maximum atomic E-state index is 13.4. The Labute approximate surface area is 165 Å². The van der Waals surface area contributed by atoms with Crippen LogP contribution in [-0.4, -0.2) is 31.3 Å². The summed E-state index contributed by atoms with van der Waals surface area (Å²) < 4.78 is 27.0. The molecule has 3 rings (SSSR count). The summed E-state index contributed by atoms with van der Waals surface area (Å²) in [4.78, 5) is 26.5. The average Bonchev–Trinajstić information content (AvgIpc) is 3.29. The number of rotatable bonds is 7. The fourth-order valence-electron chi connectivity index (χ4n) is 3.08. The monoisotopic (exact) mass is 412 g/mol. The van der Waals surface area contributed by atoms with Gasteiger partial charge in [-0.1, -0.05) is 11.6 Å². The van der Waals surface area contributed by atoms with E-state index in [0.29, 0.717) is 28.0 Å². The van der Waals surface area contributed by atoms with Crippen molar-refractivity contribution in [2.45, 2.75) is 19.3 Å². The number of hydrogen-bond donors (Lipinski definition) is 1. The van der Waals surface area contributed by atoms with Crippen molar-refractivity contribution in [2.24, 2.45) is 5.92 Å². The standard InChI is InChI=1S/C19H19ClF2N2O2S/c20-18-5-4-17(27-18)16(25)3-6-19(26)23-10-12-7-8-24(11-12)13-1-2-14(21)15(22)9-13/h1-2,4-5,9,12H,3,6-8,10-11H2,(H,23,26). The smallest absolute Gasteiger partial charge is 0.220 e. The van der Waals surface area contributed by atoms with E-state index in [9.17, 15) is 18.4 Å². The Morgan fingerprint density at radius 3 is 2.70 bits per heavy atom. The largest absolute Gasteiger partial charge is 0.371 e. The molecule has 27 heavy (non-hydrogen) atoms. The lowest BCUT2D eigenvalue weighted by atomic mass is 10.1. The molecule has 144 valence electrons. The van der Waals surface area contributed by atoms with E-state index in [0.717, 1.165) is 19.0 Å². The summed E-state index contributed by atoms with van der Waals surface area (Å²) in [6.07, 6.45) is 1.13. The van der Waals surface area contributed by atoms with Crippen LogP contribution in [0.2, 0.25) is 4.34 Å². The predicted octanol–water partition coefficient (Wildman–Crippen LogP) is 4.29. The van der Waals surface area contributed by atoms with Gasteiger partial charge in [-0.2, -0.15) is 0 Å². The lowest BCUT2D eigenvalue weighted by molar-refractivity contribution is -0.121. The SMILES string of the molecule is O=C(CCC(=O)c1ccc(Cl)s1)NCC1CCN(c2ccc(F)c(F)c2)C1. The van der Waals surface area contributed by atoms with E-state index in [1.165, 1.54) is 17.4 Å². The van der Waals surface area contributed by atoms with E-state index in [1.54, 1.807) is 18.2 Å². The molecular formula is C19H19ClF2N2O2S. The summed E-state index contributed by atoms with van der Waals surface area (Å²) in [5, 5.41) is 2.85. The van der Waals surface area contributed by atoms with E-state index in [-0.39, 0.29) is 30.4 Å². The van der Waals surface area contributed by atoms with Gasteiger partial charge in [-0.05, 0) is 36.6 Å². The third-order valence-corrected chi connectivity index (χ3v) is 5.84. The number of benzene rings is 1. The Morgan fingerprint density at radius 2 is 2.00 bits per heavy atom. The maximum absolute atomic E-state index is 13.4. The van der Waals surface area contributed by atoms with E-state index >= 15 is 0 Å². The molecule has 2 heterocycles. The van der Waals surface area contributed by atoms with Crippen LogP contribution in [0.25, 0.3) is 0 Å². The van der Waals surface area contributed by atoms with E-state index in [4.69, 9.17) is 11.6 Å². The van der Waals surface area contributed by atoms with E-state index in [2.05, 4.69) is 5.32 Å². The molecule has 1 amide bonds. The Balaban J connectivity index is 1.40. The summed E-state index contributed by atoms with van der Waals surface area (Å²) >= 11 is 7.02. The molecule has 2 aromatic rings. The number of halogens is 3. The summed E-state index contributed by atoms with van der Waals surface area (Å²) in [7, 11) is 0. The highest BCUT2D eigenvalue weighted by atomic mass is 35.5. The van der Waals surface area contributed by atoms with Crippen molar-refractivity contribution < 1.29 is 18.4 Å². The van der Waals surface area contributed by atoms with Crippen LogP contribution in [-0.2, 0) is 4.79 Å². The number of Topliss-reactive ketones (excluding diaryl/α,β-unsaturated/α-hetero) is 1. The topological polar surface area (TPSA) is 49.4 Å². The average molecular weight is 413 g/mol. The summed E-state index contributed by atoms with van der Waals surface area (Å²) in [6.45, 7) is 1.89. The Morgan fingerprint density at radius 1 is 1.19 bits per heavy atom. The molecule has 1 unspecified atom stereocenters. The van der Waals surface area contributed by atoms with Crippen molar-refractivity contribution in [2.75, 3.05) is 24.5 Å². The number of thiophene rings is 1. The predicted molar refractivity (Wildman–Crippen MR) is 103 cm³/mol. The zero-order valence-corrected chi connectivity index (χ0v) is 16.1. The van der Waals surface area contributed by atoms with Crippen molar-refractivity contribution in [3.05, 3.63) is 51.2 Å². The molecule has 1 atom stereocenters. The molecule has 8 heteroatoms. The summed E-state index contributed by atoms with van der Waals surface area (Å²) in [6, 6.07) is 7.20. The third-order valence-electron chi connectivity index (χ3n) is 4.57. The minimum absolute atomic E-state index is 0.0903. The molecule has 0 bridgehead atoms. The lowest BCUT2D eigenvalue weighted by Gasteiger charge is -2.19. The Kier molecular flexibility index (Phi) is 6.44. The summed E-state index contributed by atoms with van der Waals surface area (Å²) in [5.74, 6) is -1.75. The second kappa shape index (κ2) is 8.80. The van der Waals surface area contributed by atoms with Gasteiger partial charge >= 0.3 is 0 Å². The molecule has 1 aromatic heterocycles. The van der Waals surface area contributed by atoms with Gasteiger partial charge in [-0.15, -0.1) is 11.3 Å². The zero-order chi connectivity index (χ0) is 19.4. The normalized spacial score (nSPS) is 16.6. The van der Waals surface area contributed by atoms with Crippen LogP contribution in [0.3, 0.4) is 0 Å². The van der Waals surface area contributed by atoms with Gasteiger partial charge in [-0.3, -0.25) is 9.59 Å². The van der Waals surface area contributed by atoms with Gasteiger partial charge < -0.3 is 10.2 Å². The van der Waals surface area contributed by atoms with Crippen LogP contribution >= 0.6 is 22.9 Å². The van der Waals surface area contributed by atoms with Crippen LogP contribution in [0.4, 0.5) is 14.5 Å². The van der Waals surface area contributed by atoms with Crippen LogP contribution in [0, 0.1) is 17.6 Å². The van der Waals surface area contributed by atoms with Gasteiger partial charge in [0.15, 0.2) is 17.4 Å². The van der Waals surface area contributed by atoms with Gasteiger partial charge in [0.2, 0.25) is 5.91 Å². The first-order valence-electron chi connectivity index (χ1n) is 8.67. The van der Waals surface area contributed by atoms with Crippen molar-refractivity contribution in [3.63, 3.8) is 0 Å². The number of anilines is 1. The molecular weight excluding hydrogens is 394 g/mol. The zero-order valence-electron chi connectivity index (χ0n) is 14.5. The van der Waals surface area contributed by atoms with Gasteiger partial charge in [0.25, 0.3) is 0 Å². The minimum atomic E-state index is -0.860. The number of nitrogens with one attached hydrogen (secondary N) is 1. The second-order valence-electron chi connectivity index (χ2n) is 6.53. The Hall–Kier alpha value is -1.99. The van der Waals surface area contributed by atoms with Crippen molar-refractivity contribution in [3.8, 4) is 0 Å². The number of ketones is 1. The highest BCUT2D eigenvalue weighted by Gasteiger charge is 2.24. The molecule has 1 saturated heterocycles. The minimum Gasteiger partial charge on any atom is -0.371 e.